The molecule has 4 unspecified atom stereocenters. The molecule has 31 heavy (non-hydrogen) atoms. The van der Waals surface area contributed by atoms with Gasteiger partial charge < -0.3 is 14.9 Å². The molecule has 6 heteroatoms. The molecule has 0 radical (unpaired) electrons. The lowest BCUT2D eigenvalue weighted by atomic mass is 9.59. The molecule has 1 N–H and O–H groups in total. The summed E-state index contributed by atoms with van der Waals surface area (Å²) in [6, 6.07) is 0. The number of carbonyl (C=O) groups is 2. The van der Waals surface area contributed by atoms with E-state index in [4.69, 9.17) is 4.74 Å². The summed E-state index contributed by atoms with van der Waals surface area (Å²) in [4.78, 5) is 28.7. The minimum absolute atomic E-state index is 0.0355. The molecule has 0 aromatic heterocycles. The Morgan fingerprint density at radius 2 is 1.71 bits per heavy atom. The SMILES string of the molecule is CCC(C)(C)C1CC(/C=C\CNC)C2C(=O)N(BC(C)(C)CCOC(C)(C)C)C(=O)C21. The highest BCUT2D eigenvalue weighted by Crippen LogP contribution is 2.55. The molecule has 0 bridgehead atoms. The summed E-state index contributed by atoms with van der Waals surface area (Å²) in [7, 11) is 2.39. The molecule has 1 aliphatic heterocycles. The normalized spacial score (nSPS) is 27.5. The first kappa shape index (κ1) is 26.1. The molecule has 1 heterocycles. The molecular formula is C25H45BN2O3. The van der Waals surface area contributed by atoms with Crippen LogP contribution in [0.4, 0.5) is 0 Å². The van der Waals surface area contributed by atoms with Crippen molar-refractivity contribution < 1.29 is 14.3 Å². The fraction of sp³-hybridized carbons (Fsp3) is 0.840. The zero-order valence-electron chi connectivity index (χ0n) is 21.4. The monoisotopic (exact) mass is 432 g/mol. The molecule has 1 aliphatic carbocycles. The summed E-state index contributed by atoms with van der Waals surface area (Å²) in [5.74, 6) is 0.0685. The molecule has 176 valence electrons. The van der Waals surface area contributed by atoms with Gasteiger partial charge in [-0.25, -0.2) is 0 Å². The minimum Gasteiger partial charge on any atom is -0.376 e. The van der Waals surface area contributed by atoms with Crippen molar-refractivity contribution in [1.29, 1.82) is 0 Å². The number of amides is 2. The minimum atomic E-state index is -0.210. The maximum absolute atomic E-state index is 13.6. The van der Waals surface area contributed by atoms with Crippen LogP contribution < -0.4 is 5.32 Å². The van der Waals surface area contributed by atoms with Gasteiger partial charge in [0.05, 0.1) is 17.4 Å². The first-order chi connectivity index (χ1) is 14.2. The lowest BCUT2D eigenvalue weighted by Gasteiger charge is -2.35. The van der Waals surface area contributed by atoms with E-state index in [1.165, 1.54) is 0 Å². The molecule has 2 aliphatic rings. The van der Waals surface area contributed by atoms with E-state index >= 15 is 0 Å². The number of hydrogen-bond acceptors (Lipinski definition) is 4. The van der Waals surface area contributed by atoms with E-state index in [1.807, 2.05) is 27.8 Å². The first-order valence-corrected chi connectivity index (χ1v) is 12.0. The molecule has 2 amide bonds. The van der Waals surface area contributed by atoms with Crippen molar-refractivity contribution in [2.45, 2.75) is 85.6 Å². The molecule has 2 rings (SSSR count). The molecule has 1 saturated heterocycles. The molecule has 2 fully saturated rings. The second kappa shape index (κ2) is 9.78. The molecule has 1 saturated carbocycles. The number of nitrogens with one attached hydrogen (secondary N) is 1. The van der Waals surface area contributed by atoms with Gasteiger partial charge >= 0.3 is 0 Å². The number of likely N-dealkylation sites (N-methyl/N-ethyl adjacent to an activating group) is 1. The fourth-order valence-corrected chi connectivity index (χ4v) is 5.16. The quantitative estimate of drug-likeness (QED) is 0.320. The second-order valence-electron chi connectivity index (χ2n) is 12.0. The van der Waals surface area contributed by atoms with E-state index in [-0.39, 0.29) is 51.8 Å². The Labute approximate surface area is 191 Å². The molecule has 0 spiro atoms. The third-order valence-electron chi connectivity index (χ3n) is 7.43. The van der Waals surface area contributed by atoms with Gasteiger partial charge in [-0.1, -0.05) is 53.2 Å². The van der Waals surface area contributed by atoms with Crippen LogP contribution in [0.25, 0.3) is 0 Å². The predicted molar refractivity (Wildman–Crippen MR) is 129 cm³/mol. The summed E-state index contributed by atoms with van der Waals surface area (Å²) >= 11 is 0. The van der Waals surface area contributed by atoms with Crippen LogP contribution in [0.2, 0.25) is 5.31 Å². The standard InChI is InChI=1S/C25H45BN2O3/c1-10-24(5,6)18-16-17(12-11-14-27-9)19-20(18)22(30)28(21(19)29)26-25(7,8)13-15-31-23(2,3)4/h11-12,17-20,26-27H,10,13-16H2,1-9H3/b12-11-. The Morgan fingerprint density at radius 1 is 1.10 bits per heavy atom. The third-order valence-corrected chi connectivity index (χ3v) is 7.43. The highest BCUT2D eigenvalue weighted by atomic mass is 16.5. The van der Waals surface area contributed by atoms with Gasteiger partial charge in [0.1, 0.15) is 0 Å². The van der Waals surface area contributed by atoms with Gasteiger partial charge in [-0.3, -0.25) is 9.59 Å². The number of fused-ring (bicyclic) bond motifs is 1. The lowest BCUT2D eigenvalue weighted by Crippen LogP contribution is -2.42. The average Bonchev–Trinajstić information content (AvgIpc) is 3.14. The summed E-state index contributed by atoms with van der Waals surface area (Å²) in [6.45, 7) is 18.5. The van der Waals surface area contributed by atoms with Crippen LogP contribution in [0.5, 0.6) is 0 Å². The summed E-state index contributed by atoms with van der Waals surface area (Å²) in [5, 5.41) is 2.95. The first-order valence-electron chi connectivity index (χ1n) is 12.0. The smallest absolute Gasteiger partial charge is 0.255 e. The third kappa shape index (κ3) is 6.22. The molecule has 4 atom stereocenters. The van der Waals surface area contributed by atoms with Crippen LogP contribution in [0.3, 0.4) is 0 Å². The van der Waals surface area contributed by atoms with Crippen LogP contribution in [0, 0.1) is 29.1 Å². The van der Waals surface area contributed by atoms with Crippen molar-refractivity contribution in [3.8, 4) is 0 Å². The number of hydrogen-bond donors (Lipinski definition) is 1. The molecule has 0 aromatic carbocycles. The zero-order chi connectivity index (χ0) is 23.6. The number of allylic oxidation sites excluding steroid dienone is 1. The average molecular weight is 432 g/mol. The topological polar surface area (TPSA) is 58.6 Å². The number of imide groups is 1. The maximum Gasteiger partial charge on any atom is 0.255 e. The van der Waals surface area contributed by atoms with Crippen molar-refractivity contribution in [3.05, 3.63) is 12.2 Å². The van der Waals surface area contributed by atoms with Crippen molar-refractivity contribution in [1.82, 2.24) is 10.1 Å². The fourth-order valence-electron chi connectivity index (χ4n) is 5.16. The van der Waals surface area contributed by atoms with Crippen molar-refractivity contribution in [2.24, 2.45) is 29.1 Å². The number of ether oxygens (including phenoxy) is 1. The summed E-state index contributed by atoms with van der Waals surface area (Å²) in [6.07, 6.45) is 7.02. The molecule has 5 nitrogen and oxygen atoms in total. The Kier molecular flexibility index (Phi) is 8.24. The van der Waals surface area contributed by atoms with Crippen molar-refractivity contribution >= 4 is 19.2 Å². The van der Waals surface area contributed by atoms with E-state index in [9.17, 15) is 9.59 Å². The van der Waals surface area contributed by atoms with E-state index in [0.29, 0.717) is 14.0 Å². The van der Waals surface area contributed by atoms with Gasteiger partial charge in [0.25, 0.3) is 7.41 Å². The van der Waals surface area contributed by atoms with Crippen LogP contribution in [0.1, 0.15) is 74.7 Å². The summed E-state index contributed by atoms with van der Waals surface area (Å²) in [5.41, 5.74) is -0.144. The largest absolute Gasteiger partial charge is 0.376 e. The van der Waals surface area contributed by atoms with Crippen molar-refractivity contribution in [2.75, 3.05) is 20.2 Å². The Balaban J connectivity index is 2.22. The lowest BCUT2D eigenvalue weighted by molar-refractivity contribution is -0.135. The molecular weight excluding hydrogens is 387 g/mol. The van der Waals surface area contributed by atoms with Crippen LogP contribution in [-0.4, -0.2) is 49.8 Å². The van der Waals surface area contributed by atoms with Gasteiger partial charge in [-0.15, -0.1) is 0 Å². The zero-order valence-corrected chi connectivity index (χ0v) is 21.4. The number of carbonyl (C=O) groups excluding carboxylic acids is 2. The highest BCUT2D eigenvalue weighted by molar-refractivity contribution is 6.47. The van der Waals surface area contributed by atoms with Crippen molar-refractivity contribution in [3.63, 3.8) is 0 Å². The van der Waals surface area contributed by atoms with Gasteiger partial charge in [0.15, 0.2) is 0 Å². The maximum atomic E-state index is 13.6. The highest BCUT2D eigenvalue weighted by Gasteiger charge is 2.60. The number of rotatable bonds is 10. The van der Waals surface area contributed by atoms with Crippen LogP contribution >= 0.6 is 0 Å². The second-order valence-corrected chi connectivity index (χ2v) is 12.0. The van der Waals surface area contributed by atoms with E-state index in [1.54, 1.807) is 4.81 Å². The van der Waals surface area contributed by atoms with Crippen LogP contribution in [0.15, 0.2) is 12.2 Å². The van der Waals surface area contributed by atoms with E-state index in [0.717, 1.165) is 25.8 Å². The van der Waals surface area contributed by atoms with Gasteiger partial charge in [-0.05, 0) is 63.2 Å². The van der Waals surface area contributed by atoms with Gasteiger partial charge in [-0.2, -0.15) is 0 Å². The van der Waals surface area contributed by atoms with Crippen LogP contribution in [-0.2, 0) is 14.3 Å². The Hall–Kier alpha value is -1.14. The summed E-state index contributed by atoms with van der Waals surface area (Å²) < 4.78 is 5.90. The Bertz CT molecular complexity index is 681. The van der Waals surface area contributed by atoms with Gasteiger partial charge in [0.2, 0.25) is 11.8 Å². The predicted octanol–water partition coefficient (Wildman–Crippen LogP) is 4.19. The Morgan fingerprint density at radius 3 is 2.26 bits per heavy atom. The van der Waals surface area contributed by atoms with E-state index in [2.05, 4.69) is 52.1 Å². The van der Waals surface area contributed by atoms with E-state index < -0.39 is 0 Å². The molecule has 0 aromatic rings. The number of nitrogens with zero attached hydrogens (tertiary/aromatic N) is 1. The van der Waals surface area contributed by atoms with Gasteiger partial charge in [0, 0.05) is 13.2 Å².